The van der Waals surface area contributed by atoms with Crippen molar-refractivity contribution < 1.29 is 14.7 Å². The van der Waals surface area contributed by atoms with Gasteiger partial charge in [0.25, 0.3) is 5.91 Å². The van der Waals surface area contributed by atoms with Gasteiger partial charge in [-0.25, -0.2) is 4.79 Å². The Bertz CT molecular complexity index is 1360. The minimum Gasteiger partial charge on any atom is -0.478 e. The fourth-order valence-corrected chi connectivity index (χ4v) is 5.47. The van der Waals surface area contributed by atoms with Crippen LogP contribution in [-0.4, -0.2) is 17.0 Å². The summed E-state index contributed by atoms with van der Waals surface area (Å²) in [6.45, 7) is 0. The molecule has 0 fully saturated rings. The maximum atomic E-state index is 13.4. The minimum atomic E-state index is -1.06. The SMILES string of the molecule is O=C(O)c1c(-c2cccs2)csc1NC(=O)c1c2ccccc2cc2ccccc12. The molecule has 0 spiro atoms. The fourth-order valence-electron chi connectivity index (χ4n) is 3.70. The normalized spacial score (nSPS) is 11.1. The number of carboxylic acids is 1. The summed E-state index contributed by atoms with van der Waals surface area (Å²) in [4.78, 5) is 26.3. The van der Waals surface area contributed by atoms with Crippen molar-refractivity contribution in [3.8, 4) is 10.4 Å². The lowest BCUT2D eigenvalue weighted by Crippen LogP contribution is -2.14. The second-order valence-corrected chi connectivity index (χ2v) is 8.61. The second kappa shape index (κ2) is 7.40. The summed E-state index contributed by atoms with van der Waals surface area (Å²) in [6.07, 6.45) is 0. The summed E-state index contributed by atoms with van der Waals surface area (Å²) in [5, 5.41) is 20.3. The van der Waals surface area contributed by atoms with Gasteiger partial charge < -0.3 is 10.4 Å². The number of amides is 1. The van der Waals surface area contributed by atoms with E-state index in [1.54, 1.807) is 5.38 Å². The van der Waals surface area contributed by atoms with E-state index >= 15 is 0 Å². The third-order valence-electron chi connectivity index (χ3n) is 5.02. The molecule has 0 radical (unpaired) electrons. The van der Waals surface area contributed by atoms with Crippen LogP contribution in [0.25, 0.3) is 32.0 Å². The molecule has 5 rings (SSSR count). The van der Waals surface area contributed by atoms with Gasteiger partial charge in [0.2, 0.25) is 0 Å². The van der Waals surface area contributed by atoms with Crippen molar-refractivity contribution in [2.75, 3.05) is 5.32 Å². The molecule has 4 nitrogen and oxygen atoms in total. The molecule has 6 heteroatoms. The lowest BCUT2D eigenvalue weighted by molar-refractivity contribution is 0.0699. The molecule has 0 aliphatic heterocycles. The third-order valence-corrected chi connectivity index (χ3v) is 6.82. The van der Waals surface area contributed by atoms with E-state index in [0.29, 0.717) is 16.1 Å². The molecule has 146 valence electrons. The molecule has 0 aliphatic rings. The fraction of sp³-hybridized carbons (Fsp3) is 0. The van der Waals surface area contributed by atoms with E-state index in [1.807, 2.05) is 66.0 Å². The van der Waals surface area contributed by atoms with Crippen molar-refractivity contribution in [3.63, 3.8) is 0 Å². The Balaban J connectivity index is 1.65. The molecule has 2 aromatic heterocycles. The summed E-state index contributed by atoms with van der Waals surface area (Å²) < 4.78 is 0. The molecule has 0 unspecified atom stereocenters. The molecule has 3 aromatic carbocycles. The maximum Gasteiger partial charge on any atom is 0.339 e. The van der Waals surface area contributed by atoms with Gasteiger partial charge >= 0.3 is 5.97 Å². The van der Waals surface area contributed by atoms with Gasteiger partial charge in [-0.3, -0.25) is 4.79 Å². The van der Waals surface area contributed by atoms with E-state index in [4.69, 9.17) is 0 Å². The van der Waals surface area contributed by atoms with Crippen molar-refractivity contribution in [2.24, 2.45) is 0 Å². The molecule has 30 heavy (non-hydrogen) atoms. The highest BCUT2D eigenvalue weighted by Crippen LogP contribution is 2.38. The molecular weight excluding hydrogens is 414 g/mol. The maximum absolute atomic E-state index is 13.4. The number of thiophene rings is 2. The standard InChI is InChI=1S/C24H15NO3S2/c26-22(25-23-21(24(27)28)18(13-30-23)19-10-5-11-29-19)20-16-8-3-1-6-14(16)12-15-7-2-4-9-17(15)20/h1-13H,(H,25,26)(H,27,28). The Labute approximate surface area is 180 Å². The quantitative estimate of drug-likeness (QED) is 0.311. The van der Waals surface area contributed by atoms with Crippen LogP contribution in [0.2, 0.25) is 0 Å². The highest BCUT2D eigenvalue weighted by atomic mass is 32.1. The van der Waals surface area contributed by atoms with Gasteiger partial charge in [-0.2, -0.15) is 0 Å². The van der Waals surface area contributed by atoms with Crippen molar-refractivity contribution >= 4 is 61.1 Å². The number of carbonyl (C=O) groups is 2. The number of carboxylic acid groups (broad SMARTS) is 1. The molecule has 0 aliphatic carbocycles. The van der Waals surface area contributed by atoms with Crippen LogP contribution in [0.1, 0.15) is 20.7 Å². The highest BCUT2D eigenvalue weighted by Gasteiger charge is 2.23. The highest BCUT2D eigenvalue weighted by molar-refractivity contribution is 7.17. The molecule has 5 aromatic rings. The average molecular weight is 430 g/mol. The number of aromatic carboxylic acids is 1. The van der Waals surface area contributed by atoms with E-state index in [0.717, 1.165) is 26.4 Å². The van der Waals surface area contributed by atoms with Crippen molar-refractivity contribution in [1.29, 1.82) is 0 Å². The van der Waals surface area contributed by atoms with E-state index < -0.39 is 5.97 Å². The average Bonchev–Trinajstić information content (AvgIpc) is 3.41. The summed E-state index contributed by atoms with van der Waals surface area (Å²) in [5.74, 6) is -1.37. The second-order valence-electron chi connectivity index (χ2n) is 6.78. The van der Waals surface area contributed by atoms with E-state index in [9.17, 15) is 14.7 Å². The summed E-state index contributed by atoms with van der Waals surface area (Å²) in [5.41, 5.74) is 1.30. The molecule has 0 saturated heterocycles. The van der Waals surface area contributed by atoms with E-state index in [1.165, 1.54) is 22.7 Å². The smallest absolute Gasteiger partial charge is 0.339 e. The van der Waals surface area contributed by atoms with Gasteiger partial charge in [-0.15, -0.1) is 22.7 Å². The predicted molar refractivity (Wildman–Crippen MR) is 124 cm³/mol. The van der Waals surface area contributed by atoms with E-state index in [-0.39, 0.29) is 11.5 Å². The Morgan fingerprint density at radius 2 is 1.47 bits per heavy atom. The van der Waals surface area contributed by atoms with Crippen LogP contribution in [0.15, 0.2) is 77.5 Å². The number of fused-ring (bicyclic) bond motifs is 2. The summed E-state index contributed by atoms with van der Waals surface area (Å²) in [7, 11) is 0. The van der Waals surface area contributed by atoms with Crippen molar-refractivity contribution in [2.45, 2.75) is 0 Å². The molecule has 0 bridgehead atoms. The van der Waals surface area contributed by atoms with Gasteiger partial charge in [-0.05, 0) is 39.1 Å². The Morgan fingerprint density at radius 1 is 0.800 bits per heavy atom. The Hall–Kier alpha value is -3.48. The number of nitrogens with one attached hydrogen (secondary N) is 1. The molecule has 2 heterocycles. The number of anilines is 1. The largest absolute Gasteiger partial charge is 0.478 e. The van der Waals surface area contributed by atoms with Gasteiger partial charge in [0.05, 0.1) is 5.56 Å². The number of rotatable bonds is 4. The summed E-state index contributed by atoms with van der Waals surface area (Å²) >= 11 is 2.70. The zero-order chi connectivity index (χ0) is 20.7. The number of benzene rings is 3. The summed E-state index contributed by atoms with van der Waals surface area (Å²) in [6, 6.07) is 21.3. The first kappa shape index (κ1) is 18.5. The molecule has 1 amide bonds. The number of carbonyl (C=O) groups excluding carboxylic acids is 1. The lowest BCUT2D eigenvalue weighted by Gasteiger charge is -2.12. The van der Waals surface area contributed by atoms with Crippen molar-refractivity contribution in [3.05, 3.63) is 88.6 Å². The Kier molecular flexibility index (Phi) is 4.58. The van der Waals surface area contributed by atoms with E-state index in [2.05, 4.69) is 11.4 Å². The lowest BCUT2D eigenvalue weighted by atomic mass is 9.96. The van der Waals surface area contributed by atoms with Crippen LogP contribution >= 0.6 is 22.7 Å². The van der Waals surface area contributed by atoms with Gasteiger partial charge in [0, 0.05) is 15.8 Å². The van der Waals surface area contributed by atoms with Crippen LogP contribution in [-0.2, 0) is 0 Å². The zero-order valence-corrected chi connectivity index (χ0v) is 17.2. The van der Waals surface area contributed by atoms with Crippen LogP contribution in [0.5, 0.6) is 0 Å². The number of hydrogen-bond donors (Lipinski definition) is 2. The molecule has 0 atom stereocenters. The predicted octanol–water partition coefficient (Wildman–Crippen LogP) is 6.73. The molecular formula is C24H15NO3S2. The molecule has 0 saturated carbocycles. The van der Waals surface area contributed by atoms with Crippen LogP contribution in [0.3, 0.4) is 0 Å². The van der Waals surface area contributed by atoms with Crippen molar-refractivity contribution in [1.82, 2.24) is 0 Å². The number of hydrogen-bond acceptors (Lipinski definition) is 4. The Morgan fingerprint density at radius 3 is 2.07 bits per heavy atom. The third kappa shape index (κ3) is 3.07. The first-order valence-electron chi connectivity index (χ1n) is 9.24. The monoisotopic (exact) mass is 429 g/mol. The minimum absolute atomic E-state index is 0.125. The van der Waals surface area contributed by atoms with Gasteiger partial charge in [0.15, 0.2) is 0 Å². The van der Waals surface area contributed by atoms with Gasteiger partial charge in [0.1, 0.15) is 10.6 Å². The first-order valence-corrected chi connectivity index (χ1v) is 11.0. The van der Waals surface area contributed by atoms with Crippen LogP contribution < -0.4 is 5.32 Å². The van der Waals surface area contributed by atoms with Crippen LogP contribution in [0.4, 0.5) is 5.00 Å². The first-order chi connectivity index (χ1) is 14.6. The molecule has 2 N–H and O–H groups in total. The van der Waals surface area contributed by atoms with Crippen LogP contribution in [0, 0.1) is 0 Å². The topological polar surface area (TPSA) is 66.4 Å². The zero-order valence-electron chi connectivity index (χ0n) is 15.6. The van der Waals surface area contributed by atoms with Gasteiger partial charge in [-0.1, -0.05) is 54.6 Å².